The van der Waals surface area contributed by atoms with Gasteiger partial charge in [-0.2, -0.15) is 10.4 Å². The molecule has 1 aliphatic heterocycles. The van der Waals surface area contributed by atoms with Crippen LogP contribution in [0, 0.1) is 17.2 Å². The number of nitrogens with zero attached hydrogens (tertiary/aromatic N) is 4. The number of halogens is 2. The summed E-state index contributed by atoms with van der Waals surface area (Å²) in [6.07, 6.45) is -1.44. The van der Waals surface area contributed by atoms with Gasteiger partial charge in [0.2, 0.25) is 5.60 Å². The smallest absolute Gasteiger partial charge is 0.379 e. The molecule has 0 radical (unpaired) electrons. The van der Waals surface area contributed by atoms with E-state index >= 15 is 0 Å². The number of carbonyl (C=O) groups is 1. The van der Waals surface area contributed by atoms with Gasteiger partial charge >= 0.3 is 7.60 Å². The normalized spacial score (nSPS) is 25.3. The average Bonchev–Trinajstić information content (AvgIpc) is 3.37. The number of aromatic nitrogens is 3. The van der Waals surface area contributed by atoms with Crippen LogP contribution in [0.3, 0.4) is 0 Å². The van der Waals surface area contributed by atoms with Crippen LogP contribution in [0.5, 0.6) is 5.75 Å². The summed E-state index contributed by atoms with van der Waals surface area (Å²) in [5.41, 5.74) is 4.83. The molecule has 2 aromatic heterocycles. The topological polar surface area (TPSA) is 162 Å². The number of anilines is 1. The molecule has 4 rings (SSSR count). The summed E-state index contributed by atoms with van der Waals surface area (Å²) >= 11 is 6.84. The van der Waals surface area contributed by atoms with E-state index in [1.807, 2.05) is 0 Å². The fraction of sp³-hybridized carbons (Fsp3) is 0.391. The highest BCUT2D eigenvalue weighted by Crippen LogP contribution is 2.57. The van der Waals surface area contributed by atoms with Gasteiger partial charge in [0, 0.05) is 5.92 Å². The van der Waals surface area contributed by atoms with Crippen molar-refractivity contribution in [2.45, 2.75) is 34.9 Å². The second-order valence-corrected chi connectivity index (χ2v) is 14.3. The zero-order valence-corrected chi connectivity index (χ0v) is 23.9. The Bertz CT molecular complexity index is 1400. The van der Waals surface area contributed by atoms with Gasteiger partial charge in [-0.3, -0.25) is 9.32 Å². The monoisotopic (exact) mass is 655 g/mol. The van der Waals surface area contributed by atoms with Crippen LogP contribution in [-0.4, -0.2) is 53.7 Å². The van der Waals surface area contributed by atoms with Crippen molar-refractivity contribution in [2.75, 3.05) is 18.5 Å². The van der Waals surface area contributed by atoms with E-state index in [1.54, 1.807) is 49.4 Å². The van der Waals surface area contributed by atoms with E-state index in [4.69, 9.17) is 19.5 Å². The molecular formula is C23H24Br2N5O6P. The maximum atomic E-state index is 13.7. The van der Waals surface area contributed by atoms with Gasteiger partial charge in [-0.05, 0) is 31.2 Å². The van der Waals surface area contributed by atoms with Crippen LogP contribution in [0.4, 0.5) is 5.82 Å². The number of hydrogen-bond donors (Lipinski definition) is 2. The first-order valence-corrected chi connectivity index (χ1v) is 14.5. The molecule has 0 saturated carbocycles. The number of benzene rings is 1. The molecule has 1 fully saturated rings. The number of ketones is 1. The molecule has 3 heterocycles. The van der Waals surface area contributed by atoms with E-state index in [1.165, 1.54) is 17.8 Å². The standard InChI is InChI=1S/C23H24Br2N5O6P/c1-14(15(2)31)11-37(33,36-16-6-4-3-5-7-16)34-10-18-20(32)23(24,25)22(12-26,35-18)19-9-8-17-21(27)28-13-29-30(17)19/h3-9,13-14,18,20,32H,10-11H2,1-2H3,(H2,27,28,29)/t14-,18-,20+,22+,37?/m1/s1. The first kappa shape index (κ1) is 27.7. The number of nitriles is 1. The second kappa shape index (κ2) is 10.4. The fourth-order valence-corrected chi connectivity index (χ4v) is 7.29. The molecule has 1 aliphatic rings. The van der Waals surface area contributed by atoms with Crippen molar-refractivity contribution < 1.29 is 28.3 Å². The minimum Gasteiger partial charge on any atom is -0.424 e. The Morgan fingerprint density at radius 3 is 2.70 bits per heavy atom. The highest BCUT2D eigenvalue weighted by Gasteiger charge is 2.66. The van der Waals surface area contributed by atoms with Crippen LogP contribution in [0.25, 0.3) is 5.52 Å². The molecule has 37 heavy (non-hydrogen) atoms. The molecule has 1 saturated heterocycles. The van der Waals surface area contributed by atoms with Gasteiger partial charge in [0.25, 0.3) is 0 Å². The summed E-state index contributed by atoms with van der Waals surface area (Å²) in [5.74, 6) is -0.289. The van der Waals surface area contributed by atoms with Crippen LogP contribution < -0.4 is 10.3 Å². The van der Waals surface area contributed by atoms with E-state index in [9.17, 15) is 19.7 Å². The molecule has 0 bridgehead atoms. The van der Waals surface area contributed by atoms with E-state index < -0.39 is 41.2 Å². The van der Waals surface area contributed by atoms with Crippen molar-refractivity contribution in [3.63, 3.8) is 0 Å². The zero-order valence-electron chi connectivity index (χ0n) is 19.8. The van der Waals surface area contributed by atoms with E-state index in [-0.39, 0.29) is 23.5 Å². The lowest BCUT2D eigenvalue weighted by molar-refractivity contribution is -0.119. The summed E-state index contributed by atoms with van der Waals surface area (Å²) in [7, 11) is -3.90. The first-order chi connectivity index (χ1) is 17.4. The van der Waals surface area contributed by atoms with Crippen LogP contribution in [0.2, 0.25) is 0 Å². The van der Waals surface area contributed by atoms with Crippen molar-refractivity contribution in [1.82, 2.24) is 14.6 Å². The molecule has 14 heteroatoms. The van der Waals surface area contributed by atoms with Crippen LogP contribution in [0.1, 0.15) is 19.5 Å². The Balaban J connectivity index is 1.64. The van der Waals surface area contributed by atoms with E-state index in [2.05, 4.69) is 48.0 Å². The number of nitrogens with two attached hydrogens (primary N) is 1. The van der Waals surface area contributed by atoms with Crippen molar-refractivity contribution in [2.24, 2.45) is 5.92 Å². The summed E-state index contributed by atoms with van der Waals surface area (Å²) in [6.45, 7) is 2.62. The van der Waals surface area contributed by atoms with Gasteiger partial charge in [-0.15, -0.1) is 0 Å². The maximum absolute atomic E-state index is 13.7. The molecular weight excluding hydrogens is 633 g/mol. The summed E-state index contributed by atoms with van der Waals surface area (Å²) < 4.78 is 31.2. The molecule has 0 aliphatic carbocycles. The van der Waals surface area contributed by atoms with Gasteiger partial charge in [0.15, 0.2) is 9.05 Å². The third kappa shape index (κ3) is 5.06. The minimum absolute atomic E-state index is 0.178. The predicted octanol–water partition coefficient (Wildman–Crippen LogP) is 3.79. The Kier molecular flexibility index (Phi) is 7.82. The molecule has 0 spiro atoms. The third-order valence-corrected chi connectivity index (χ3v) is 10.2. The highest BCUT2D eigenvalue weighted by atomic mass is 79.9. The number of Topliss-reactive ketones (excluding diaryl/α,β-unsaturated/α-hetero) is 1. The molecule has 196 valence electrons. The van der Waals surface area contributed by atoms with Crippen molar-refractivity contribution in [3.8, 4) is 11.8 Å². The number of ether oxygens (including phenoxy) is 1. The molecule has 1 aromatic carbocycles. The van der Waals surface area contributed by atoms with Crippen LogP contribution >= 0.6 is 39.5 Å². The predicted molar refractivity (Wildman–Crippen MR) is 141 cm³/mol. The zero-order chi connectivity index (χ0) is 27.0. The lowest BCUT2D eigenvalue weighted by atomic mass is 9.95. The number of alkyl halides is 2. The van der Waals surface area contributed by atoms with Gasteiger partial charge in [0.05, 0.1) is 18.5 Å². The number of hydrogen-bond acceptors (Lipinski definition) is 10. The molecule has 1 unspecified atom stereocenters. The highest BCUT2D eigenvalue weighted by molar-refractivity contribution is 9.25. The van der Waals surface area contributed by atoms with E-state index in [0.29, 0.717) is 11.3 Å². The summed E-state index contributed by atoms with van der Waals surface area (Å²) in [6, 6.07) is 13.8. The van der Waals surface area contributed by atoms with Crippen molar-refractivity contribution in [1.29, 1.82) is 5.26 Å². The molecule has 11 nitrogen and oxygen atoms in total. The SMILES string of the molecule is CC(=O)[C@H](C)CP(=O)(OC[C@H]1O[C@@](C#N)(c2ccc3c(N)ncnn23)C(Br)(Br)[C@H]1O)Oc1ccccc1. The second-order valence-electron chi connectivity index (χ2n) is 8.68. The van der Waals surface area contributed by atoms with E-state index in [0.717, 1.165) is 0 Å². The average molecular weight is 657 g/mol. The number of fused-ring (bicyclic) bond motifs is 1. The maximum Gasteiger partial charge on any atom is 0.379 e. The Morgan fingerprint density at radius 2 is 2.05 bits per heavy atom. The van der Waals surface area contributed by atoms with Crippen LogP contribution in [-0.2, 0) is 24.2 Å². The van der Waals surface area contributed by atoms with Gasteiger partial charge < -0.3 is 20.1 Å². The number of aliphatic hydroxyl groups is 1. The number of nitrogen functional groups attached to an aromatic ring is 1. The van der Waals surface area contributed by atoms with Crippen molar-refractivity contribution >= 4 is 56.6 Å². The molecule has 5 atom stereocenters. The van der Waals surface area contributed by atoms with Gasteiger partial charge in [-0.1, -0.05) is 57.0 Å². The number of aliphatic hydroxyl groups excluding tert-OH is 1. The van der Waals surface area contributed by atoms with Crippen molar-refractivity contribution in [3.05, 3.63) is 54.5 Å². The fourth-order valence-electron chi connectivity index (χ4n) is 3.95. The lowest BCUT2D eigenvalue weighted by Gasteiger charge is -2.31. The summed E-state index contributed by atoms with van der Waals surface area (Å²) in [4.78, 5) is 15.8. The molecule has 3 N–H and O–H groups in total. The Morgan fingerprint density at radius 1 is 1.35 bits per heavy atom. The third-order valence-electron chi connectivity index (χ3n) is 6.14. The molecule has 3 aromatic rings. The lowest BCUT2D eigenvalue weighted by Crippen LogP contribution is -2.45. The number of rotatable bonds is 9. The number of carbonyl (C=O) groups excluding carboxylic acids is 1. The minimum atomic E-state index is -3.90. The molecule has 0 amide bonds. The largest absolute Gasteiger partial charge is 0.424 e. The Labute approximate surface area is 229 Å². The van der Waals surface area contributed by atoms with Crippen LogP contribution in [0.15, 0.2) is 48.8 Å². The summed E-state index contributed by atoms with van der Waals surface area (Å²) in [5, 5.41) is 25.6. The Hall–Kier alpha value is -2.33. The first-order valence-electron chi connectivity index (χ1n) is 11.2. The van der Waals surface area contributed by atoms with Gasteiger partial charge in [0.1, 0.15) is 41.7 Å². The quantitative estimate of drug-likeness (QED) is 0.256. The van der Waals surface area contributed by atoms with Gasteiger partial charge in [-0.25, -0.2) is 14.1 Å². The number of para-hydroxylation sites is 1.